The molecule has 0 spiro atoms. The number of hydrogen-bond donors (Lipinski definition) is 2. The van der Waals surface area contributed by atoms with Crippen LogP contribution in [0.15, 0.2) is 33.2 Å². The molecular formula is C16H18Br2ClNO3. The van der Waals surface area contributed by atoms with E-state index in [1.54, 1.807) is 0 Å². The lowest BCUT2D eigenvalue weighted by atomic mass is 9.79. The maximum atomic E-state index is 12.0. The summed E-state index contributed by atoms with van der Waals surface area (Å²) in [6.07, 6.45) is 0.686. The van der Waals surface area contributed by atoms with Gasteiger partial charge in [0.2, 0.25) is 0 Å². The van der Waals surface area contributed by atoms with Gasteiger partial charge in [0.1, 0.15) is 8.96 Å². The fourth-order valence-corrected chi connectivity index (χ4v) is 2.91. The molecule has 0 heterocycles. The summed E-state index contributed by atoms with van der Waals surface area (Å²) < 4.78 is -0.250. The fourth-order valence-electron chi connectivity index (χ4n) is 2.32. The maximum Gasteiger partial charge on any atom is 0.344 e. The van der Waals surface area contributed by atoms with Crippen molar-refractivity contribution in [1.29, 1.82) is 0 Å². The number of benzene rings is 1. The van der Waals surface area contributed by atoms with Crippen molar-refractivity contribution in [3.05, 3.63) is 43.8 Å². The minimum atomic E-state index is -1.21. The molecule has 2 N–H and O–H groups in total. The van der Waals surface area contributed by atoms with Gasteiger partial charge in [-0.2, -0.15) is 0 Å². The van der Waals surface area contributed by atoms with E-state index in [2.05, 4.69) is 51.0 Å². The number of halogens is 3. The first-order valence-corrected chi connectivity index (χ1v) is 8.86. The summed E-state index contributed by atoms with van der Waals surface area (Å²) in [7, 11) is 0. The molecule has 0 fully saturated rings. The number of carbonyl (C=O) groups is 2. The van der Waals surface area contributed by atoms with Crippen molar-refractivity contribution in [2.75, 3.05) is 0 Å². The lowest BCUT2D eigenvalue weighted by Gasteiger charge is -2.29. The largest absolute Gasteiger partial charge is 0.477 e. The second-order valence-corrected chi connectivity index (χ2v) is 7.92. The van der Waals surface area contributed by atoms with Gasteiger partial charge in [0.15, 0.2) is 0 Å². The summed E-state index contributed by atoms with van der Waals surface area (Å²) in [4.78, 5) is 22.9. The molecule has 0 bridgehead atoms. The minimum absolute atomic E-state index is 0.0406. The average Bonchev–Trinajstić information content (AvgIpc) is 2.45. The molecule has 0 radical (unpaired) electrons. The number of aliphatic carboxylic acids is 1. The Hall–Kier alpha value is -0.850. The van der Waals surface area contributed by atoms with Crippen LogP contribution in [0.5, 0.6) is 0 Å². The predicted molar refractivity (Wildman–Crippen MR) is 99.2 cm³/mol. The summed E-state index contributed by atoms with van der Waals surface area (Å²) in [5.74, 6) is -1.68. The van der Waals surface area contributed by atoms with E-state index in [0.29, 0.717) is 11.4 Å². The highest BCUT2D eigenvalue weighted by Crippen LogP contribution is 2.29. The molecule has 1 amide bonds. The molecule has 1 rings (SSSR count). The van der Waals surface area contributed by atoms with Crippen LogP contribution in [-0.2, 0) is 15.0 Å². The Morgan fingerprint density at radius 3 is 2.22 bits per heavy atom. The van der Waals surface area contributed by atoms with Gasteiger partial charge in [0.25, 0.3) is 5.91 Å². The molecule has 0 aliphatic heterocycles. The summed E-state index contributed by atoms with van der Waals surface area (Å²) in [6.45, 7) is 6.04. The Morgan fingerprint density at radius 1 is 1.22 bits per heavy atom. The molecule has 4 nitrogen and oxygen atoms in total. The second kappa shape index (κ2) is 8.31. The van der Waals surface area contributed by atoms with Crippen LogP contribution in [0.3, 0.4) is 0 Å². The lowest BCUT2D eigenvalue weighted by molar-refractivity contribution is -0.132. The van der Waals surface area contributed by atoms with Crippen molar-refractivity contribution in [3.8, 4) is 0 Å². The first-order valence-electron chi connectivity index (χ1n) is 6.90. The average molecular weight is 468 g/mol. The number of carboxylic acids is 1. The zero-order chi connectivity index (χ0) is 17.8. The van der Waals surface area contributed by atoms with E-state index in [1.165, 1.54) is 0 Å². The Morgan fingerprint density at radius 2 is 1.74 bits per heavy atom. The maximum absolute atomic E-state index is 12.0. The summed E-state index contributed by atoms with van der Waals surface area (Å²) in [5.41, 5.74) is 0.946. The number of hydrogen-bond acceptors (Lipinski definition) is 2. The number of rotatable bonds is 6. The zero-order valence-corrected chi connectivity index (χ0v) is 16.9. The van der Waals surface area contributed by atoms with E-state index in [4.69, 9.17) is 16.7 Å². The van der Waals surface area contributed by atoms with Gasteiger partial charge >= 0.3 is 5.97 Å². The lowest BCUT2D eigenvalue weighted by Crippen LogP contribution is -2.37. The molecule has 0 aromatic heterocycles. The van der Waals surface area contributed by atoms with E-state index in [1.807, 2.05) is 31.2 Å². The Bertz CT molecular complexity index is 627. The topological polar surface area (TPSA) is 66.4 Å². The first kappa shape index (κ1) is 20.2. The van der Waals surface area contributed by atoms with Crippen LogP contribution in [-0.4, -0.2) is 23.0 Å². The Balaban J connectivity index is 2.77. The number of carbonyl (C=O) groups excluding carboxylic acids is 1. The van der Waals surface area contributed by atoms with Crippen molar-refractivity contribution < 1.29 is 14.7 Å². The standard InChI is InChI=1S/C16H18Br2ClNO3/c1-9(20-14(21)12(17)13(18)15(22)23)8-16(2,3)10-4-6-11(19)7-5-10/h4-7,9H,8H2,1-3H3,(H,20,21)(H,22,23)/b13-12-. The third-order valence-corrected chi connectivity index (χ3v) is 5.68. The van der Waals surface area contributed by atoms with Gasteiger partial charge in [-0.3, -0.25) is 4.79 Å². The molecule has 1 unspecified atom stereocenters. The van der Waals surface area contributed by atoms with Crippen molar-refractivity contribution in [3.63, 3.8) is 0 Å². The molecule has 7 heteroatoms. The van der Waals surface area contributed by atoms with E-state index in [-0.39, 0.29) is 20.4 Å². The van der Waals surface area contributed by atoms with E-state index < -0.39 is 11.9 Å². The Labute approximate surface area is 157 Å². The quantitative estimate of drug-likeness (QED) is 0.601. The molecule has 126 valence electrons. The normalized spacial score (nSPS) is 14.0. The third kappa shape index (κ3) is 5.94. The van der Waals surface area contributed by atoms with Crippen molar-refractivity contribution in [2.24, 2.45) is 0 Å². The summed E-state index contributed by atoms with van der Waals surface area (Å²) in [6, 6.07) is 7.47. The van der Waals surface area contributed by atoms with Gasteiger partial charge in [0.05, 0.1) is 0 Å². The van der Waals surface area contributed by atoms with Crippen LogP contribution in [0.25, 0.3) is 0 Å². The van der Waals surface area contributed by atoms with E-state index in [9.17, 15) is 9.59 Å². The summed E-state index contributed by atoms with van der Waals surface area (Å²) >= 11 is 11.8. The molecule has 1 aromatic rings. The second-order valence-electron chi connectivity index (χ2n) is 5.90. The highest BCUT2D eigenvalue weighted by Gasteiger charge is 2.25. The Kier molecular flexibility index (Phi) is 7.29. The van der Waals surface area contributed by atoms with E-state index >= 15 is 0 Å². The predicted octanol–water partition coefficient (Wildman–Crippen LogP) is 4.60. The van der Waals surface area contributed by atoms with Crippen LogP contribution >= 0.6 is 43.5 Å². The molecule has 0 aliphatic rings. The van der Waals surface area contributed by atoms with Crippen LogP contribution in [0, 0.1) is 0 Å². The monoisotopic (exact) mass is 465 g/mol. The van der Waals surface area contributed by atoms with Crippen LogP contribution in [0.4, 0.5) is 0 Å². The van der Waals surface area contributed by atoms with Gasteiger partial charge in [-0.1, -0.05) is 37.6 Å². The molecule has 0 saturated carbocycles. The van der Waals surface area contributed by atoms with Crippen molar-refractivity contribution >= 4 is 55.3 Å². The molecule has 1 aromatic carbocycles. The fraction of sp³-hybridized carbons (Fsp3) is 0.375. The number of carboxylic acid groups (broad SMARTS) is 1. The van der Waals surface area contributed by atoms with Crippen LogP contribution in [0.2, 0.25) is 5.02 Å². The molecule has 23 heavy (non-hydrogen) atoms. The molecule has 0 aliphatic carbocycles. The van der Waals surface area contributed by atoms with Gasteiger partial charge in [-0.05, 0) is 68.3 Å². The number of amides is 1. The van der Waals surface area contributed by atoms with Crippen LogP contribution < -0.4 is 5.32 Å². The first-order chi connectivity index (χ1) is 10.5. The molecule has 1 atom stereocenters. The van der Waals surface area contributed by atoms with Gasteiger partial charge in [-0.25, -0.2) is 4.79 Å². The van der Waals surface area contributed by atoms with Gasteiger partial charge in [0, 0.05) is 11.1 Å². The minimum Gasteiger partial charge on any atom is -0.477 e. The van der Waals surface area contributed by atoms with Gasteiger partial charge in [-0.15, -0.1) is 0 Å². The highest BCUT2D eigenvalue weighted by molar-refractivity contribution is 9.14. The third-order valence-electron chi connectivity index (χ3n) is 3.40. The van der Waals surface area contributed by atoms with Gasteiger partial charge < -0.3 is 10.4 Å². The molecule has 0 saturated heterocycles. The molecular weight excluding hydrogens is 449 g/mol. The van der Waals surface area contributed by atoms with E-state index in [0.717, 1.165) is 5.56 Å². The smallest absolute Gasteiger partial charge is 0.344 e. The number of nitrogens with one attached hydrogen (secondary N) is 1. The van der Waals surface area contributed by atoms with Crippen LogP contribution in [0.1, 0.15) is 32.8 Å². The SMILES string of the molecule is CC(CC(C)(C)c1ccc(Cl)cc1)NC(=O)/C(Br)=C(/Br)C(=O)O. The highest BCUT2D eigenvalue weighted by atomic mass is 79.9. The summed E-state index contributed by atoms with van der Waals surface area (Å²) in [5, 5.41) is 12.3. The zero-order valence-electron chi connectivity index (χ0n) is 13.0. The van der Waals surface area contributed by atoms with Crippen molar-refractivity contribution in [1.82, 2.24) is 5.32 Å². The van der Waals surface area contributed by atoms with Crippen molar-refractivity contribution in [2.45, 2.75) is 38.6 Å².